The van der Waals surface area contributed by atoms with Crippen molar-refractivity contribution in [3.63, 3.8) is 0 Å². The molecule has 1 atom stereocenters. The van der Waals surface area contributed by atoms with Gasteiger partial charge in [0.1, 0.15) is 12.1 Å². The molecule has 3 rings (SSSR count). The summed E-state index contributed by atoms with van der Waals surface area (Å²) in [5.41, 5.74) is -0.222. The summed E-state index contributed by atoms with van der Waals surface area (Å²) >= 11 is 0. The number of rotatable bonds is 5. The first kappa shape index (κ1) is 19.5. The summed E-state index contributed by atoms with van der Waals surface area (Å²) in [6.07, 6.45) is -3.95. The van der Waals surface area contributed by atoms with E-state index in [9.17, 15) is 22.8 Å². The lowest BCUT2D eigenvalue weighted by molar-refractivity contribution is -0.137. The second-order valence-electron chi connectivity index (χ2n) is 6.22. The fourth-order valence-electron chi connectivity index (χ4n) is 2.83. The molecule has 1 N–H and O–H groups in total. The number of fused-ring (bicyclic) bond motifs is 1. The molecule has 146 valence electrons. The van der Waals surface area contributed by atoms with Gasteiger partial charge >= 0.3 is 6.18 Å². The highest BCUT2D eigenvalue weighted by Crippen LogP contribution is 2.30. The van der Waals surface area contributed by atoms with E-state index < -0.39 is 29.2 Å². The Labute approximate surface area is 158 Å². The van der Waals surface area contributed by atoms with Gasteiger partial charge in [0.05, 0.1) is 17.0 Å². The Morgan fingerprint density at radius 3 is 2.46 bits per heavy atom. The van der Waals surface area contributed by atoms with Crippen LogP contribution in [0.1, 0.15) is 30.5 Å². The molecule has 0 aliphatic carbocycles. The van der Waals surface area contributed by atoms with Crippen LogP contribution in [0.25, 0.3) is 10.9 Å². The standard InChI is InChI=1S/C19H17F3N4O2/c1-2-15(12-7-9-13(10-8-12)19(20,21)22)23-17(27)11-26-18(28)14-5-3-4-6-16(14)24-25-26/h3-10,15H,2,11H2,1H3,(H,23,27)/t15-/m0/s1. The van der Waals surface area contributed by atoms with Crippen LogP contribution in [-0.4, -0.2) is 20.9 Å². The van der Waals surface area contributed by atoms with Crippen LogP contribution in [-0.2, 0) is 17.5 Å². The average Bonchev–Trinajstić information content (AvgIpc) is 2.68. The number of carbonyl (C=O) groups excluding carboxylic acids is 1. The summed E-state index contributed by atoms with van der Waals surface area (Å²) in [6.45, 7) is 1.46. The molecule has 3 aromatic rings. The van der Waals surface area contributed by atoms with Crippen molar-refractivity contribution in [2.75, 3.05) is 0 Å². The number of hydrogen-bond donors (Lipinski definition) is 1. The van der Waals surface area contributed by atoms with E-state index in [-0.39, 0.29) is 6.54 Å². The number of aromatic nitrogens is 3. The van der Waals surface area contributed by atoms with Crippen LogP contribution in [0, 0.1) is 0 Å². The molecular weight excluding hydrogens is 373 g/mol. The molecule has 9 heteroatoms. The van der Waals surface area contributed by atoms with E-state index in [0.717, 1.165) is 16.8 Å². The number of benzene rings is 2. The first-order valence-corrected chi connectivity index (χ1v) is 8.58. The minimum absolute atomic E-state index is 0.339. The summed E-state index contributed by atoms with van der Waals surface area (Å²) in [6, 6.07) is 10.8. The van der Waals surface area contributed by atoms with Gasteiger partial charge in [-0.2, -0.15) is 13.2 Å². The third-order valence-electron chi connectivity index (χ3n) is 4.31. The molecule has 0 radical (unpaired) electrons. The minimum atomic E-state index is -4.42. The fraction of sp³-hybridized carbons (Fsp3) is 0.263. The van der Waals surface area contributed by atoms with Gasteiger partial charge in [-0.05, 0) is 36.2 Å². The molecule has 0 fully saturated rings. The molecule has 1 aromatic heterocycles. The number of nitrogens with one attached hydrogen (secondary N) is 1. The van der Waals surface area contributed by atoms with Crippen molar-refractivity contribution in [1.29, 1.82) is 0 Å². The van der Waals surface area contributed by atoms with Gasteiger partial charge in [0.25, 0.3) is 5.56 Å². The molecule has 0 aliphatic heterocycles. The van der Waals surface area contributed by atoms with Crippen molar-refractivity contribution in [2.45, 2.75) is 32.1 Å². The van der Waals surface area contributed by atoms with E-state index in [1.807, 2.05) is 0 Å². The topological polar surface area (TPSA) is 76.9 Å². The predicted octanol–water partition coefficient (Wildman–Crippen LogP) is 3.08. The molecule has 0 spiro atoms. The first-order valence-electron chi connectivity index (χ1n) is 8.58. The highest BCUT2D eigenvalue weighted by atomic mass is 19.4. The lowest BCUT2D eigenvalue weighted by atomic mass is 10.0. The maximum Gasteiger partial charge on any atom is 0.416 e. The third-order valence-corrected chi connectivity index (χ3v) is 4.31. The molecule has 1 heterocycles. The van der Waals surface area contributed by atoms with Gasteiger partial charge in [-0.25, -0.2) is 4.68 Å². The Balaban J connectivity index is 1.74. The fourth-order valence-corrected chi connectivity index (χ4v) is 2.83. The lowest BCUT2D eigenvalue weighted by Crippen LogP contribution is -2.36. The number of amides is 1. The van der Waals surface area contributed by atoms with Gasteiger partial charge < -0.3 is 5.32 Å². The van der Waals surface area contributed by atoms with Crippen molar-refractivity contribution < 1.29 is 18.0 Å². The van der Waals surface area contributed by atoms with E-state index in [0.29, 0.717) is 22.9 Å². The second kappa shape index (κ2) is 7.79. The van der Waals surface area contributed by atoms with Crippen molar-refractivity contribution in [3.8, 4) is 0 Å². The smallest absolute Gasteiger partial charge is 0.348 e. The average molecular weight is 390 g/mol. The number of halogens is 3. The maximum absolute atomic E-state index is 12.7. The monoisotopic (exact) mass is 390 g/mol. The van der Waals surface area contributed by atoms with Gasteiger partial charge in [-0.15, -0.1) is 5.10 Å². The minimum Gasteiger partial charge on any atom is -0.348 e. The summed E-state index contributed by atoms with van der Waals surface area (Å²) in [5.74, 6) is -0.488. The largest absolute Gasteiger partial charge is 0.416 e. The Bertz CT molecular complexity index is 1050. The summed E-state index contributed by atoms with van der Waals surface area (Å²) < 4.78 is 39.0. The SMILES string of the molecule is CC[C@H](NC(=O)Cn1nnc2ccccc2c1=O)c1ccc(C(F)(F)F)cc1. The van der Waals surface area contributed by atoms with Gasteiger partial charge in [-0.1, -0.05) is 36.4 Å². The first-order chi connectivity index (χ1) is 13.3. The molecule has 0 aliphatic rings. The second-order valence-corrected chi connectivity index (χ2v) is 6.22. The molecule has 6 nitrogen and oxygen atoms in total. The van der Waals surface area contributed by atoms with Gasteiger partial charge in [0.2, 0.25) is 5.91 Å². The highest BCUT2D eigenvalue weighted by Gasteiger charge is 2.30. The number of alkyl halides is 3. The molecule has 0 unspecified atom stereocenters. The maximum atomic E-state index is 12.7. The Morgan fingerprint density at radius 2 is 1.82 bits per heavy atom. The zero-order valence-corrected chi connectivity index (χ0v) is 14.9. The van der Waals surface area contributed by atoms with E-state index >= 15 is 0 Å². The van der Waals surface area contributed by atoms with Gasteiger partial charge in [0, 0.05) is 0 Å². The lowest BCUT2D eigenvalue weighted by Gasteiger charge is -2.18. The molecule has 0 saturated heterocycles. The van der Waals surface area contributed by atoms with Crippen LogP contribution in [0.2, 0.25) is 0 Å². The van der Waals surface area contributed by atoms with Crippen LogP contribution >= 0.6 is 0 Å². The van der Waals surface area contributed by atoms with Crippen LogP contribution in [0.4, 0.5) is 13.2 Å². The van der Waals surface area contributed by atoms with Crippen molar-refractivity contribution in [1.82, 2.24) is 20.3 Å². The van der Waals surface area contributed by atoms with E-state index in [4.69, 9.17) is 0 Å². The highest BCUT2D eigenvalue weighted by molar-refractivity contribution is 5.78. The number of nitrogens with zero attached hydrogens (tertiary/aromatic N) is 3. The molecular formula is C19H17F3N4O2. The molecule has 2 aromatic carbocycles. The Hall–Kier alpha value is -3.23. The molecule has 28 heavy (non-hydrogen) atoms. The summed E-state index contributed by atoms with van der Waals surface area (Å²) in [4.78, 5) is 24.7. The number of carbonyl (C=O) groups is 1. The van der Waals surface area contributed by atoms with E-state index in [2.05, 4.69) is 15.6 Å². The van der Waals surface area contributed by atoms with Crippen molar-refractivity contribution in [3.05, 3.63) is 70.0 Å². The van der Waals surface area contributed by atoms with Crippen LogP contribution in [0.5, 0.6) is 0 Å². The van der Waals surface area contributed by atoms with Crippen LogP contribution in [0.15, 0.2) is 53.3 Å². The quantitative estimate of drug-likeness (QED) is 0.726. The van der Waals surface area contributed by atoms with Gasteiger partial charge in [-0.3, -0.25) is 9.59 Å². The van der Waals surface area contributed by atoms with Crippen molar-refractivity contribution in [2.24, 2.45) is 0 Å². The van der Waals surface area contributed by atoms with E-state index in [1.54, 1.807) is 31.2 Å². The van der Waals surface area contributed by atoms with Crippen molar-refractivity contribution >= 4 is 16.8 Å². The van der Waals surface area contributed by atoms with Gasteiger partial charge in [0.15, 0.2) is 0 Å². The van der Waals surface area contributed by atoms with E-state index in [1.165, 1.54) is 12.1 Å². The molecule has 0 bridgehead atoms. The zero-order chi connectivity index (χ0) is 20.3. The normalized spacial score (nSPS) is 12.7. The molecule has 1 amide bonds. The van der Waals surface area contributed by atoms with Crippen LogP contribution < -0.4 is 10.9 Å². The number of hydrogen-bond acceptors (Lipinski definition) is 4. The molecule has 0 saturated carbocycles. The van der Waals surface area contributed by atoms with Crippen LogP contribution in [0.3, 0.4) is 0 Å². The Morgan fingerprint density at radius 1 is 1.14 bits per heavy atom. The third kappa shape index (κ3) is 4.19. The summed E-state index contributed by atoms with van der Waals surface area (Å²) in [5, 5.41) is 10.7. The zero-order valence-electron chi connectivity index (χ0n) is 14.9. The predicted molar refractivity (Wildman–Crippen MR) is 96.4 cm³/mol. The Kier molecular flexibility index (Phi) is 5.43. The summed E-state index contributed by atoms with van der Waals surface area (Å²) in [7, 11) is 0.